The highest BCUT2D eigenvalue weighted by atomic mass is 16.5. The molecule has 2 aromatic rings. The molecule has 0 saturated carbocycles. The number of nitrogens with zero attached hydrogens (tertiary/aromatic N) is 3. The van der Waals surface area contributed by atoms with E-state index in [1.54, 1.807) is 17.0 Å². The zero-order valence-electron chi connectivity index (χ0n) is 13.3. The number of carbonyl (C=O) groups is 1. The van der Waals surface area contributed by atoms with Crippen LogP contribution in [-0.2, 0) is 4.74 Å². The van der Waals surface area contributed by atoms with Gasteiger partial charge >= 0.3 is 0 Å². The lowest BCUT2D eigenvalue weighted by Gasteiger charge is -2.32. The van der Waals surface area contributed by atoms with E-state index in [0.29, 0.717) is 31.1 Å². The summed E-state index contributed by atoms with van der Waals surface area (Å²) in [6, 6.07) is 9.07. The molecular formula is C17H20N4O2. The van der Waals surface area contributed by atoms with E-state index in [4.69, 9.17) is 10.5 Å². The second-order valence-corrected chi connectivity index (χ2v) is 5.74. The Morgan fingerprint density at radius 3 is 2.83 bits per heavy atom. The van der Waals surface area contributed by atoms with Crippen molar-refractivity contribution in [2.24, 2.45) is 0 Å². The van der Waals surface area contributed by atoms with E-state index in [1.165, 1.54) is 0 Å². The van der Waals surface area contributed by atoms with Gasteiger partial charge in [-0.15, -0.1) is 0 Å². The molecule has 1 aliphatic rings. The van der Waals surface area contributed by atoms with Crippen molar-refractivity contribution in [3.05, 3.63) is 53.1 Å². The van der Waals surface area contributed by atoms with Gasteiger partial charge in [-0.3, -0.25) is 9.78 Å². The number of morpholine rings is 1. The molecule has 2 aromatic heterocycles. The van der Waals surface area contributed by atoms with Gasteiger partial charge in [0.25, 0.3) is 5.91 Å². The number of anilines is 1. The van der Waals surface area contributed by atoms with E-state index in [0.717, 1.165) is 17.1 Å². The summed E-state index contributed by atoms with van der Waals surface area (Å²) in [6.45, 7) is 5.23. The van der Waals surface area contributed by atoms with Crippen LogP contribution in [0.1, 0.15) is 33.7 Å². The second kappa shape index (κ2) is 6.34. The molecule has 0 aliphatic carbocycles. The zero-order valence-corrected chi connectivity index (χ0v) is 13.3. The van der Waals surface area contributed by atoms with Crippen molar-refractivity contribution in [2.45, 2.75) is 20.0 Å². The fourth-order valence-corrected chi connectivity index (χ4v) is 2.72. The zero-order chi connectivity index (χ0) is 16.4. The van der Waals surface area contributed by atoms with Crippen LogP contribution < -0.4 is 5.73 Å². The molecule has 0 radical (unpaired) electrons. The Morgan fingerprint density at radius 2 is 2.09 bits per heavy atom. The highest BCUT2D eigenvalue weighted by Crippen LogP contribution is 2.23. The molecule has 3 heterocycles. The molecule has 0 spiro atoms. The summed E-state index contributed by atoms with van der Waals surface area (Å²) >= 11 is 0. The molecule has 6 heteroatoms. The summed E-state index contributed by atoms with van der Waals surface area (Å²) in [5.74, 6) is -0.0809. The Hall–Kier alpha value is -2.47. The Morgan fingerprint density at radius 1 is 1.26 bits per heavy atom. The number of pyridine rings is 2. The van der Waals surface area contributed by atoms with E-state index >= 15 is 0 Å². The largest absolute Gasteiger partial charge is 0.399 e. The average Bonchev–Trinajstić information content (AvgIpc) is 2.53. The predicted molar refractivity (Wildman–Crippen MR) is 87.0 cm³/mol. The fourth-order valence-electron chi connectivity index (χ4n) is 2.72. The topological polar surface area (TPSA) is 81.3 Å². The van der Waals surface area contributed by atoms with E-state index in [9.17, 15) is 4.79 Å². The molecule has 1 atom stereocenters. The van der Waals surface area contributed by atoms with E-state index in [2.05, 4.69) is 9.97 Å². The molecule has 0 unspecified atom stereocenters. The Bertz CT molecular complexity index is 712. The Kier molecular flexibility index (Phi) is 4.25. The first-order valence-corrected chi connectivity index (χ1v) is 7.61. The van der Waals surface area contributed by atoms with Gasteiger partial charge in [0, 0.05) is 23.6 Å². The first-order chi connectivity index (χ1) is 11.0. The van der Waals surface area contributed by atoms with Crippen molar-refractivity contribution >= 4 is 11.6 Å². The second-order valence-electron chi connectivity index (χ2n) is 5.74. The number of amides is 1. The van der Waals surface area contributed by atoms with Crippen molar-refractivity contribution in [2.75, 3.05) is 25.4 Å². The summed E-state index contributed by atoms with van der Waals surface area (Å²) in [4.78, 5) is 23.2. The summed E-state index contributed by atoms with van der Waals surface area (Å²) in [5.41, 5.74) is 9.42. The SMILES string of the molecule is Cc1cccc(C(=O)N2CCO[C@@H](c3cc(N)cc(C)n3)C2)n1. The van der Waals surface area contributed by atoms with Crippen molar-refractivity contribution < 1.29 is 9.53 Å². The van der Waals surface area contributed by atoms with E-state index in [1.807, 2.05) is 32.0 Å². The van der Waals surface area contributed by atoms with Crippen LogP contribution in [0.4, 0.5) is 5.69 Å². The first-order valence-electron chi connectivity index (χ1n) is 7.61. The molecule has 6 nitrogen and oxygen atoms in total. The lowest BCUT2D eigenvalue weighted by atomic mass is 10.1. The minimum atomic E-state index is -0.264. The number of rotatable bonds is 2. The van der Waals surface area contributed by atoms with Gasteiger partial charge < -0.3 is 15.4 Å². The van der Waals surface area contributed by atoms with Crippen LogP contribution in [0.25, 0.3) is 0 Å². The third kappa shape index (κ3) is 3.48. The molecular weight excluding hydrogens is 292 g/mol. The van der Waals surface area contributed by atoms with Gasteiger partial charge in [0.1, 0.15) is 11.8 Å². The number of aryl methyl sites for hydroxylation is 2. The molecule has 0 aromatic carbocycles. The lowest BCUT2D eigenvalue weighted by molar-refractivity contribution is -0.0249. The fraction of sp³-hybridized carbons (Fsp3) is 0.353. The summed E-state index contributed by atoms with van der Waals surface area (Å²) in [5, 5.41) is 0. The third-order valence-corrected chi connectivity index (χ3v) is 3.79. The number of nitrogens with two attached hydrogens (primary N) is 1. The van der Waals surface area contributed by atoms with Crippen LogP contribution in [0.15, 0.2) is 30.3 Å². The van der Waals surface area contributed by atoms with Crippen molar-refractivity contribution in [3.63, 3.8) is 0 Å². The van der Waals surface area contributed by atoms with Gasteiger partial charge in [0.05, 0.1) is 18.8 Å². The number of hydrogen-bond donors (Lipinski definition) is 1. The maximum Gasteiger partial charge on any atom is 0.272 e. The van der Waals surface area contributed by atoms with Gasteiger partial charge in [-0.2, -0.15) is 0 Å². The normalized spacial score (nSPS) is 18.0. The smallest absolute Gasteiger partial charge is 0.272 e. The van der Waals surface area contributed by atoms with Crippen LogP contribution >= 0.6 is 0 Å². The predicted octanol–water partition coefficient (Wildman–Crippen LogP) is 1.89. The van der Waals surface area contributed by atoms with Gasteiger partial charge in [-0.25, -0.2) is 4.98 Å². The molecule has 1 saturated heterocycles. The number of aromatic nitrogens is 2. The quantitative estimate of drug-likeness (QED) is 0.916. The molecule has 1 aliphatic heterocycles. The molecule has 3 rings (SSSR count). The molecule has 2 N–H and O–H groups in total. The maximum atomic E-state index is 12.6. The maximum absolute atomic E-state index is 12.6. The third-order valence-electron chi connectivity index (χ3n) is 3.79. The van der Waals surface area contributed by atoms with Crippen LogP contribution in [-0.4, -0.2) is 40.5 Å². The van der Waals surface area contributed by atoms with Gasteiger partial charge in [0.2, 0.25) is 0 Å². The van der Waals surface area contributed by atoms with E-state index in [-0.39, 0.29) is 12.0 Å². The number of ether oxygens (including phenoxy) is 1. The van der Waals surface area contributed by atoms with Crippen molar-refractivity contribution in [1.29, 1.82) is 0 Å². The molecule has 0 bridgehead atoms. The average molecular weight is 312 g/mol. The van der Waals surface area contributed by atoms with Gasteiger partial charge in [-0.05, 0) is 38.1 Å². The monoisotopic (exact) mass is 312 g/mol. The van der Waals surface area contributed by atoms with Crippen LogP contribution in [0, 0.1) is 13.8 Å². The van der Waals surface area contributed by atoms with E-state index < -0.39 is 0 Å². The minimum Gasteiger partial charge on any atom is -0.399 e. The Balaban J connectivity index is 1.79. The Labute approximate surface area is 135 Å². The van der Waals surface area contributed by atoms with Crippen LogP contribution in [0.5, 0.6) is 0 Å². The molecule has 1 amide bonds. The summed E-state index contributed by atoms with van der Waals surface area (Å²) in [7, 11) is 0. The summed E-state index contributed by atoms with van der Waals surface area (Å²) in [6.07, 6.45) is -0.264. The lowest BCUT2D eigenvalue weighted by Crippen LogP contribution is -2.42. The van der Waals surface area contributed by atoms with Gasteiger partial charge in [0.15, 0.2) is 0 Å². The van der Waals surface area contributed by atoms with Gasteiger partial charge in [-0.1, -0.05) is 6.07 Å². The highest BCUT2D eigenvalue weighted by molar-refractivity contribution is 5.92. The van der Waals surface area contributed by atoms with Crippen molar-refractivity contribution in [3.8, 4) is 0 Å². The van der Waals surface area contributed by atoms with Crippen LogP contribution in [0.2, 0.25) is 0 Å². The molecule has 1 fully saturated rings. The minimum absolute atomic E-state index is 0.0809. The standard InChI is InChI=1S/C17H20N4O2/c1-11-4-3-5-14(19-11)17(22)21-6-7-23-16(10-21)15-9-13(18)8-12(2)20-15/h3-5,8-9,16H,6-7,10H2,1-2H3,(H2,18,20)/t16-/m1/s1. The molecule has 120 valence electrons. The first kappa shape index (κ1) is 15.4. The number of carbonyl (C=O) groups excluding carboxylic acids is 1. The summed E-state index contributed by atoms with van der Waals surface area (Å²) < 4.78 is 5.78. The highest BCUT2D eigenvalue weighted by Gasteiger charge is 2.27. The van der Waals surface area contributed by atoms with Crippen LogP contribution in [0.3, 0.4) is 0 Å². The molecule has 23 heavy (non-hydrogen) atoms. The van der Waals surface area contributed by atoms with Crippen molar-refractivity contribution in [1.82, 2.24) is 14.9 Å². The number of hydrogen-bond acceptors (Lipinski definition) is 5. The number of nitrogen functional groups attached to an aromatic ring is 1.